The molecule has 6 rings (SSSR count). The van der Waals surface area contributed by atoms with Crippen LogP contribution in [0.25, 0.3) is 0 Å². The van der Waals surface area contributed by atoms with Gasteiger partial charge in [0.1, 0.15) is 22.5 Å². The number of fused-ring (bicyclic) bond motifs is 2. The van der Waals surface area contributed by atoms with Crippen LogP contribution in [0.5, 0.6) is 11.5 Å². The van der Waals surface area contributed by atoms with Crippen LogP contribution in [-0.4, -0.2) is 20.3 Å². The maximum atomic E-state index is 14.0. The second-order valence-electron chi connectivity index (χ2n) is 13.3. The summed E-state index contributed by atoms with van der Waals surface area (Å²) in [5, 5.41) is 3.77. The van der Waals surface area contributed by atoms with Crippen molar-refractivity contribution >= 4 is 34.8 Å². The average Bonchev–Trinajstić information content (AvgIpc) is 3.03. The number of rotatable bonds is 7. The first-order chi connectivity index (χ1) is 21.5. The van der Waals surface area contributed by atoms with Gasteiger partial charge in [-0.3, -0.25) is 0 Å². The smallest absolute Gasteiger partial charge is 0.139 e. The molecule has 0 amide bonds. The minimum absolute atomic E-state index is 0.268. The van der Waals surface area contributed by atoms with Crippen LogP contribution in [-0.2, 0) is 16.4 Å². The van der Waals surface area contributed by atoms with Gasteiger partial charge in [-0.1, -0.05) is 135 Å². The van der Waals surface area contributed by atoms with Crippen molar-refractivity contribution in [2.24, 2.45) is 0 Å². The van der Waals surface area contributed by atoms with Gasteiger partial charge in [-0.05, 0) is 57.4 Å². The van der Waals surface area contributed by atoms with Gasteiger partial charge in [-0.15, -0.1) is 0 Å². The summed E-state index contributed by atoms with van der Waals surface area (Å²) in [5.41, 5.74) is 5.32. The van der Waals surface area contributed by atoms with E-state index in [1.165, 1.54) is 21.5 Å². The molecule has 0 aliphatic carbocycles. The summed E-state index contributed by atoms with van der Waals surface area (Å²) in [7, 11) is -0.173. The first-order valence-electron chi connectivity index (χ1n) is 15.6. The highest BCUT2D eigenvalue weighted by Gasteiger charge is 2.41. The fraction of sp³-hybridized carbons (Fsp3) is 0.250. The molecule has 0 saturated carbocycles. The van der Waals surface area contributed by atoms with Crippen molar-refractivity contribution in [1.29, 1.82) is 0 Å². The van der Waals surface area contributed by atoms with E-state index >= 15 is 0 Å². The first-order valence-corrected chi connectivity index (χ1v) is 18.0. The quantitative estimate of drug-likeness (QED) is 0.168. The fourth-order valence-electron chi connectivity index (χ4n) is 6.49. The van der Waals surface area contributed by atoms with Crippen molar-refractivity contribution in [1.82, 2.24) is 4.31 Å². The number of nitrogens with zero attached hydrogens (tertiary/aromatic N) is 1. The monoisotopic (exact) mass is 631 g/mol. The van der Waals surface area contributed by atoms with E-state index in [2.05, 4.69) is 142 Å². The van der Waals surface area contributed by atoms with Crippen LogP contribution in [0.3, 0.4) is 0 Å². The third-order valence-electron chi connectivity index (χ3n) is 8.79. The van der Waals surface area contributed by atoms with Crippen molar-refractivity contribution in [2.45, 2.75) is 57.7 Å². The van der Waals surface area contributed by atoms with Gasteiger partial charge in [-0.25, -0.2) is 8.51 Å². The Bertz CT molecular complexity index is 1810. The lowest BCUT2D eigenvalue weighted by molar-refractivity contribution is 0.389. The molecule has 5 aromatic rings. The lowest BCUT2D eigenvalue weighted by Gasteiger charge is -2.40. The predicted molar refractivity (Wildman–Crippen MR) is 192 cm³/mol. The molecule has 0 fully saturated rings. The normalized spacial score (nSPS) is 15.2. The third-order valence-corrected chi connectivity index (χ3v) is 13.0. The van der Waals surface area contributed by atoms with Crippen LogP contribution in [0.2, 0.25) is 0 Å². The summed E-state index contributed by atoms with van der Waals surface area (Å²) in [6.07, 6.45) is 0. The van der Waals surface area contributed by atoms with Crippen LogP contribution < -0.4 is 20.7 Å². The number of hydrogen-bond donors (Lipinski definition) is 0. The molecule has 45 heavy (non-hydrogen) atoms. The van der Waals surface area contributed by atoms with Crippen LogP contribution in [0, 0.1) is 6.92 Å². The van der Waals surface area contributed by atoms with Crippen molar-refractivity contribution < 1.29 is 8.95 Å². The molecule has 1 aliphatic rings. The van der Waals surface area contributed by atoms with Gasteiger partial charge in [0.25, 0.3) is 0 Å². The zero-order valence-electron chi connectivity index (χ0n) is 27.2. The Morgan fingerprint density at radius 2 is 1.20 bits per heavy atom. The number of aryl methyl sites for hydroxylation is 1. The van der Waals surface area contributed by atoms with Gasteiger partial charge in [-0.2, -0.15) is 0 Å². The van der Waals surface area contributed by atoms with Gasteiger partial charge in [0.05, 0.1) is 10.8 Å². The highest BCUT2D eigenvalue weighted by molar-refractivity contribution is 7.84. The summed E-state index contributed by atoms with van der Waals surface area (Å²) < 4.78 is 22.9. The maximum Gasteiger partial charge on any atom is 0.139 e. The number of benzene rings is 5. The largest absolute Gasteiger partial charge is 0.456 e. The highest BCUT2D eigenvalue weighted by atomic mass is 32.2. The molecule has 0 unspecified atom stereocenters. The average molecular weight is 632 g/mol. The predicted octanol–water partition coefficient (Wildman–Crippen LogP) is 8.67. The van der Waals surface area contributed by atoms with E-state index in [4.69, 9.17) is 4.74 Å². The summed E-state index contributed by atoms with van der Waals surface area (Å²) in [4.78, 5) is 0. The van der Waals surface area contributed by atoms with Crippen LogP contribution >= 0.6 is 7.92 Å². The van der Waals surface area contributed by atoms with Crippen molar-refractivity contribution in [2.75, 3.05) is 7.05 Å². The van der Waals surface area contributed by atoms with Gasteiger partial charge in [0.15, 0.2) is 0 Å². The number of para-hydroxylation sites is 2. The molecule has 0 saturated heterocycles. The van der Waals surface area contributed by atoms with Crippen LogP contribution in [0.1, 0.15) is 68.5 Å². The van der Waals surface area contributed by atoms with E-state index in [1.807, 2.05) is 32.1 Å². The van der Waals surface area contributed by atoms with E-state index in [0.717, 1.165) is 33.8 Å². The van der Waals surface area contributed by atoms with E-state index in [-0.39, 0.29) is 11.5 Å². The Kier molecular flexibility index (Phi) is 8.61. The van der Waals surface area contributed by atoms with E-state index in [0.29, 0.717) is 0 Å². The van der Waals surface area contributed by atoms with Crippen LogP contribution in [0.4, 0.5) is 0 Å². The standard InChI is InChI=1S/C40H42NO2PS/c1-28-18-14-15-23-31(28)36(41(7)45(42)39(2,3)4)32-24-16-25-33-37(32)43-38-34(40(33,5)6)26-17-27-35(38)44(29-19-10-8-11-20-29)30-21-12-9-13-22-30/h8-27,36H,1-7H3/t36-,45-/m1/s1. The SMILES string of the molecule is Cc1ccccc1[C@H](c1cccc2c1Oc1c(P(c3ccccc3)c3ccccc3)cccc1C2(C)C)N(C)[S@](=O)C(C)(C)C. The van der Waals surface area contributed by atoms with E-state index in [1.54, 1.807) is 0 Å². The second-order valence-corrected chi connectivity index (χ2v) is 17.8. The van der Waals surface area contributed by atoms with Crippen molar-refractivity contribution in [3.63, 3.8) is 0 Å². The maximum absolute atomic E-state index is 14.0. The Hall–Kier alpha value is -3.56. The molecule has 3 nitrogen and oxygen atoms in total. The number of ether oxygens (including phenoxy) is 1. The molecule has 0 aromatic heterocycles. The van der Waals surface area contributed by atoms with Gasteiger partial charge in [0, 0.05) is 34.5 Å². The Morgan fingerprint density at radius 1 is 0.689 bits per heavy atom. The van der Waals surface area contributed by atoms with E-state index in [9.17, 15) is 4.21 Å². The Balaban J connectivity index is 1.58. The summed E-state index contributed by atoms with van der Waals surface area (Å²) in [5.74, 6) is 1.80. The fourth-order valence-corrected chi connectivity index (χ4v) is 10.2. The summed E-state index contributed by atoms with van der Waals surface area (Å²) in [6, 6.07) is 42.9. The molecule has 2 atom stereocenters. The zero-order valence-corrected chi connectivity index (χ0v) is 29.0. The molecule has 230 valence electrons. The third kappa shape index (κ3) is 5.81. The number of hydrogen-bond acceptors (Lipinski definition) is 2. The molecule has 0 spiro atoms. The zero-order chi connectivity index (χ0) is 31.9. The van der Waals surface area contributed by atoms with Gasteiger partial charge in [0.2, 0.25) is 0 Å². The lowest BCUT2D eigenvalue weighted by atomic mass is 9.74. The molecule has 5 heteroatoms. The first kappa shape index (κ1) is 31.4. The van der Waals surface area contributed by atoms with Gasteiger partial charge >= 0.3 is 0 Å². The van der Waals surface area contributed by atoms with Crippen LogP contribution in [0.15, 0.2) is 121 Å². The summed E-state index contributed by atoms with van der Waals surface area (Å²) >= 11 is 0. The van der Waals surface area contributed by atoms with E-state index < -0.39 is 23.7 Å². The van der Waals surface area contributed by atoms with Crippen molar-refractivity contribution in [3.05, 3.63) is 149 Å². The summed E-state index contributed by atoms with van der Waals surface area (Å²) in [6.45, 7) is 12.8. The molecule has 0 bridgehead atoms. The minimum atomic E-state index is -1.27. The Labute approximate surface area is 272 Å². The second kappa shape index (κ2) is 12.3. The molecule has 0 N–H and O–H groups in total. The topological polar surface area (TPSA) is 29.5 Å². The molecule has 1 aliphatic heterocycles. The van der Waals surface area contributed by atoms with Gasteiger partial charge < -0.3 is 4.74 Å². The van der Waals surface area contributed by atoms with Crippen molar-refractivity contribution in [3.8, 4) is 11.5 Å². The molecular formula is C40H42NO2PS. The molecular weight excluding hydrogens is 589 g/mol. The molecule has 1 heterocycles. The highest BCUT2D eigenvalue weighted by Crippen LogP contribution is 2.53. The minimum Gasteiger partial charge on any atom is -0.456 e. The lowest BCUT2D eigenvalue weighted by Crippen LogP contribution is -2.38. The Morgan fingerprint density at radius 3 is 1.78 bits per heavy atom. The molecule has 5 aromatic carbocycles. The molecule has 0 radical (unpaired) electrons.